The number of hydrogen-bond acceptors (Lipinski definition) is 7. The molecule has 0 bridgehead atoms. The summed E-state index contributed by atoms with van der Waals surface area (Å²) in [6.45, 7) is 3.37. The lowest BCUT2D eigenvalue weighted by Crippen LogP contribution is -2.49. The van der Waals surface area contributed by atoms with Gasteiger partial charge >= 0.3 is 0 Å². The molecule has 2 atom stereocenters. The summed E-state index contributed by atoms with van der Waals surface area (Å²) in [7, 11) is 1.61. The van der Waals surface area contributed by atoms with Gasteiger partial charge in [0.2, 0.25) is 5.91 Å². The number of fused-ring (bicyclic) bond motifs is 1. The maximum atomic E-state index is 12.8. The molecule has 1 amide bonds. The SMILES string of the molecule is COc1ccc(OCCC(=O)NC(CN2CCC(Cl)CC2)C(O)c2ccc3c(c2)OCCO3)cc1. The van der Waals surface area contributed by atoms with Gasteiger partial charge in [0.1, 0.15) is 30.8 Å². The van der Waals surface area contributed by atoms with Gasteiger partial charge < -0.3 is 34.3 Å². The molecule has 0 spiro atoms. The van der Waals surface area contributed by atoms with Gasteiger partial charge in [-0.3, -0.25) is 4.79 Å². The number of piperidine rings is 1. The number of nitrogens with zero attached hydrogens (tertiary/aromatic N) is 1. The van der Waals surface area contributed by atoms with Crippen molar-refractivity contribution in [2.24, 2.45) is 0 Å². The third kappa shape index (κ3) is 7.16. The Kier molecular flexibility index (Phi) is 8.95. The first kappa shape index (κ1) is 25.4. The molecule has 4 rings (SSSR count). The number of aliphatic hydroxyl groups is 1. The molecule has 2 aromatic rings. The highest BCUT2D eigenvalue weighted by Gasteiger charge is 2.28. The third-order valence-corrected chi connectivity index (χ3v) is 6.70. The molecule has 0 saturated carbocycles. The largest absolute Gasteiger partial charge is 0.497 e. The Hall–Kier alpha value is -2.68. The zero-order valence-corrected chi connectivity index (χ0v) is 20.7. The first-order chi connectivity index (χ1) is 17.0. The van der Waals surface area contributed by atoms with Crippen LogP contribution in [0, 0.1) is 0 Å². The van der Waals surface area contributed by atoms with Crippen molar-refractivity contribution in [1.29, 1.82) is 0 Å². The number of ether oxygens (including phenoxy) is 4. The van der Waals surface area contributed by atoms with Crippen LogP contribution in [-0.4, -0.2) is 73.9 Å². The fraction of sp³-hybridized carbons (Fsp3) is 0.500. The van der Waals surface area contributed by atoms with Gasteiger partial charge in [0, 0.05) is 11.9 Å². The summed E-state index contributed by atoms with van der Waals surface area (Å²) >= 11 is 6.26. The molecular formula is C26H33ClN2O6. The van der Waals surface area contributed by atoms with Crippen LogP contribution in [0.2, 0.25) is 0 Å². The highest BCUT2D eigenvalue weighted by molar-refractivity contribution is 6.20. The number of nitrogens with one attached hydrogen (secondary N) is 1. The minimum absolute atomic E-state index is 0.167. The number of amides is 1. The van der Waals surface area contributed by atoms with Gasteiger partial charge in [-0.1, -0.05) is 6.07 Å². The molecule has 2 aromatic carbocycles. The number of alkyl halides is 1. The molecule has 2 heterocycles. The molecule has 0 aliphatic carbocycles. The second kappa shape index (κ2) is 12.3. The van der Waals surface area contributed by atoms with E-state index in [1.54, 1.807) is 43.5 Å². The summed E-state index contributed by atoms with van der Waals surface area (Å²) in [6, 6.07) is 12.1. The first-order valence-corrected chi connectivity index (χ1v) is 12.5. The van der Waals surface area contributed by atoms with Crippen molar-refractivity contribution in [3.63, 3.8) is 0 Å². The predicted molar refractivity (Wildman–Crippen MR) is 133 cm³/mol. The Balaban J connectivity index is 1.38. The second-order valence-corrected chi connectivity index (χ2v) is 9.39. The van der Waals surface area contributed by atoms with Crippen LogP contribution < -0.4 is 24.3 Å². The van der Waals surface area contributed by atoms with E-state index in [0.717, 1.165) is 31.7 Å². The van der Waals surface area contributed by atoms with Crippen molar-refractivity contribution in [3.8, 4) is 23.0 Å². The number of carbonyl (C=O) groups is 1. The lowest BCUT2D eigenvalue weighted by Gasteiger charge is -2.34. The Morgan fingerprint density at radius 2 is 1.80 bits per heavy atom. The Morgan fingerprint density at radius 1 is 1.11 bits per heavy atom. The van der Waals surface area contributed by atoms with Crippen LogP contribution >= 0.6 is 11.6 Å². The highest BCUT2D eigenvalue weighted by atomic mass is 35.5. The molecule has 9 heteroatoms. The van der Waals surface area contributed by atoms with Crippen molar-refractivity contribution >= 4 is 17.5 Å². The molecule has 190 valence electrons. The monoisotopic (exact) mass is 504 g/mol. The second-order valence-electron chi connectivity index (χ2n) is 8.77. The molecule has 2 aliphatic rings. The standard InChI is InChI=1S/C26H33ClN2O6/c1-32-20-3-5-21(6-4-20)33-13-10-25(30)28-22(17-29-11-8-19(27)9-12-29)26(31)18-2-7-23-24(16-18)35-15-14-34-23/h2-7,16,19,22,26,31H,8-15,17H2,1H3,(H,28,30). The summed E-state index contributed by atoms with van der Waals surface area (Å²) in [5.41, 5.74) is 0.668. The summed E-state index contributed by atoms with van der Waals surface area (Å²) < 4.78 is 22.1. The van der Waals surface area contributed by atoms with Gasteiger partial charge in [0.05, 0.1) is 26.2 Å². The van der Waals surface area contributed by atoms with Gasteiger partial charge in [0.25, 0.3) is 0 Å². The van der Waals surface area contributed by atoms with E-state index in [4.69, 9.17) is 30.5 Å². The van der Waals surface area contributed by atoms with E-state index in [-0.39, 0.29) is 24.3 Å². The van der Waals surface area contributed by atoms with E-state index >= 15 is 0 Å². The number of rotatable bonds is 10. The van der Waals surface area contributed by atoms with Crippen LogP contribution in [-0.2, 0) is 4.79 Å². The molecule has 2 unspecified atom stereocenters. The van der Waals surface area contributed by atoms with Gasteiger partial charge in [-0.2, -0.15) is 0 Å². The zero-order valence-electron chi connectivity index (χ0n) is 20.0. The van der Waals surface area contributed by atoms with E-state index in [9.17, 15) is 9.90 Å². The third-order valence-electron chi connectivity index (χ3n) is 6.26. The lowest BCUT2D eigenvalue weighted by atomic mass is 9.99. The zero-order chi connectivity index (χ0) is 24.6. The highest BCUT2D eigenvalue weighted by Crippen LogP contribution is 2.33. The Morgan fingerprint density at radius 3 is 2.51 bits per heavy atom. The number of methoxy groups -OCH3 is 1. The summed E-state index contributed by atoms with van der Waals surface area (Å²) in [5.74, 6) is 2.48. The van der Waals surface area contributed by atoms with E-state index in [2.05, 4.69) is 10.2 Å². The molecule has 2 N–H and O–H groups in total. The molecule has 1 saturated heterocycles. The van der Waals surface area contributed by atoms with Crippen molar-refractivity contribution in [1.82, 2.24) is 10.2 Å². The van der Waals surface area contributed by atoms with Gasteiger partial charge in [-0.05, 0) is 67.9 Å². The predicted octanol–water partition coefficient (Wildman–Crippen LogP) is 3.16. The van der Waals surface area contributed by atoms with Crippen LogP contribution in [0.25, 0.3) is 0 Å². The Labute approximate surface area is 211 Å². The first-order valence-electron chi connectivity index (χ1n) is 12.0. The van der Waals surface area contributed by atoms with Crippen molar-refractivity contribution in [3.05, 3.63) is 48.0 Å². The van der Waals surface area contributed by atoms with Gasteiger partial charge in [-0.25, -0.2) is 0 Å². The number of hydrogen-bond donors (Lipinski definition) is 2. The minimum Gasteiger partial charge on any atom is -0.497 e. The van der Waals surface area contributed by atoms with Crippen LogP contribution in [0.15, 0.2) is 42.5 Å². The topological polar surface area (TPSA) is 89.5 Å². The average Bonchev–Trinajstić information content (AvgIpc) is 2.89. The normalized spacial score (nSPS) is 17.9. The molecule has 0 aromatic heterocycles. The number of carbonyl (C=O) groups excluding carboxylic acids is 1. The average molecular weight is 505 g/mol. The van der Waals surface area contributed by atoms with Crippen LogP contribution in [0.3, 0.4) is 0 Å². The van der Waals surface area contributed by atoms with Crippen molar-refractivity contribution < 1.29 is 28.8 Å². The van der Waals surface area contributed by atoms with E-state index in [0.29, 0.717) is 42.6 Å². The van der Waals surface area contributed by atoms with Crippen LogP contribution in [0.4, 0.5) is 0 Å². The molecule has 1 fully saturated rings. The molecular weight excluding hydrogens is 472 g/mol. The smallest absolute Gasteiger partial charge is 0.223 e. The Bertz CT molecular complexity index is 965. The van der Waals surface area contributed by atoms with E-state index < -0.39 is 12.1 Å². The lowest BCUT2D eigenvalue weighted by molar-refractivity contribution is -0.123. The van der Waals surface area contributed by atoms with Crippen LogP contribution in [0.1, 0.15) is 30.9 Å². The maximum Gasteiger partial charge on any atom is 0.223 e. The fourth-order valence-corrected chi connectivity index (χ4v) is 4.47. The number of benzene rings is 2. The van der Waals surface area contributed by atoms with Gasteiger partial charge in [0.15, 0.2) is 11.5 Å². The number of aliphatic hydroxyl groups excluding tert-OH is 1. The summed E-state index contributed by atoms with van der Waals surface area (Å²) in [4.78, 5) is 15.0. The van der Waals surface area contributed by atoms with Gasteiger partial charge in [-0.15, -0.1) is 11.6 Å². The minimum atomic E-state index is -0.911. The number of halogens is 1. The van der Waals surface area contributed by atoms with Crippen molar-refractivity contribution in [2.75, 3.05) is 46.6 Å². The maximum absolute atomic E-state index is 12.8. The molecule has 0 radical (unpaired) electrons. The molecule has 8 nitrogen and oxygen atoms in total. The molecule has 35 heavy (non-hydrogen) atoms. The summed E-state index contributed by atoms with van der Waals surface area (Å²) in [6.07, 6.45) is 1.03. The van der Waals surface area contributed by atoms with Crippen LogP contribution in [0.5, 0.6) is 23.0 Å². The fourth-order valence-electron chi connectivity index (χ4n) is 4.28. The molecule has 2 aliphatic heterocycles. The quantitative estimate of drug-likeness (QED) is 0.480. The summed E-state index contributed by atoms with van der Waals surface area (Å²) in [5, 5.41) is 14.5. The van der Waals surface area contributed by atoms with E-state index in [1.165, 1.54) is 0 Å². The van der Waals surface area contributed by atoms with E-state index in [1.807, 2.05) is 6.07 Å². The number of likely N-dealkylation sites (tertiary alicyclic amines) is 1. The van der Waals surface area contributed by atoms with Crippen molar-refractivity contribution in [2.45, 2.75) is 36.8 Å².